The van der Waals surface area contributed by atoms with Gasteiger partial charge in [0.25, 0.3) is 0 Å². The van der Waals surface area contributed by atoms with Gasteiger partial charge in [-0.1, -0.05) is 0 Å². The first kappa shape index (κ1) is 8.05. The van der Waals surface area contributed by atoms with Crippen LogP contribution in [0, 0.1) is 0 Å². The van der Waals surface area contributed by atoms with E-state index < -0.39 is 0 Å². The van der Waals surface area contributed by atoms with Crippen LogP contribution >= 0.6 is 0 Å². The zero-order valence-corrected chi connectivity index (χ0v) is 7.43. The summed E-state index contributed by atoms with van der Waals surface area (Å²) in [5.74, 6) is 0.201. The van der Waals surface area contributed by atoms with Gasteiger partial charge in [-0.25, -0.2) is 0 Å². The molecule has 1 saturated heterocycles. The molecule has 2 unspecified atom stereocenters. The second kappa shape index (κ2) is 2.73. The summed E-state index contributed by atoms with van der Waals surface area (Å²) in [5, 5.41) is 3.00. The number of hydrogen-bond acceptors (Lipinski definition) is 2. The van der Waals surface area contributed by atoms with Crippen LogP contribution in [0.5, 0.6) is 0 Å². The summed E-state index contributed by atoms with van der Waals surface area (Å²) in [4.78, 5) is 10.8. The first-order valence-corrected chi connectivity index (χ1v) is 4.58. The second-order valence-electron chi connectivity index (χ2n) is 3.96. The van der Waals surface area contributed by atoms with Crippen LogP contribution in [0.2, 0.25) is 0 Å². The zero-order valence-electron chi connectivity index (χ0n) is 7.43. The maximum Gasteiger partial charge on any atom is 0.222 e. The summed E-state index contributed by atoms with van der Waals surface area (Å²) in [5.41, 5.74) is 0.121. The number of carbonyl (C=O) groups is 1. The van der Waals surface area contributed by atoms with E-state index in [1.807, 2.05) is 0 Å². The third-order valence-corrected chi connectivity index (χ3v) is 3.04. The summed E-state index contributed by atoms with van der Waals surface area (Å²) in [6.07, 6.45) is 5.55. The Bertz CT molecular complexity index is 195. The van der Waals surface area contributed by atoms with Gasteiger partial charge in [0.2, 0.25) is 5.91 Å². The van der Waals surface area contributed by atoms with Gasteiger partial charge >= 0.3 is 0 Å². The van der Waals surface area contributed by atoms with Crippen molar-refractivity contribution in [3.8, 4) is 0 Å². The highest BCUT2D eigenvalue weighted by molar-refractivity contribution is 5.84. The fourth-order valence-electron chi connectivity index (χ4n) is 2.37. The van der Waals surface area contributed by atoms with E-state index in [9.17, 15) is 4.79 Å². The molecule has 1 spiro atoms. The summed E-state index contributed by atoms with van der Waals surface area (Å²) >= 11 is 0. The number of amides is 1. The van der Waals surface area contributed by atoms with E-state index in [0.717, 1.165) is 19.3 Å². The predicted molar refractivity (Wildman–Crippen MR) is 44.8 cm³/mol. The number of β-lactam (4-membered cyclic amide) rings is 1. The van der Waals surface area contributed by atoms with Gasteiger partial charge < -0.3 is 10.1 Å². The number of hydrogen-bond donors (Lipinski definition) is 1. The Morgan fingerprint density at radius 3 is 3.00 bits per heavy atom. The Balaban J connectivity index is 1.95. The average Bonchev–Trinajstić information content (AvgIpc) is 2.02. The molecule has 3 nitrogen and oxygen atoms in total. The summed E-state index contributed by atoms with van der Waals surface area (Å²) in [6.45, 7) is 0. The second-order valence-corrected chi connectivity index (χ2v) is 3.96. The summed E-state index contributed by atoms with van der Waals surface area (Å²) in [7, 11) is 1.75. The molecule has 12 heavy (non-hydrogen) atoms. The lowest BCUT2D eigenvalue weighted by Gasteiger charge is -2.47. The van der Waals surface area contributed by atoms with Gasteiger partial charge in [0.1, 0.15) is 0 Å². The van der Waals surface area contributed by atoms with Crippen molar-refractivity contribution >= 4 is 5.91 Å². The molecule has 1 N–H and O–H groups in total. The largest absolute Gasteiger partial charge is 0.381 e. The van der Waals surface area contributed by atoms with Gasteiger partial charge in [-0.05, 0) is 25.7 Å². The van der Waals surface area contributed by atoms with Crippen LogP contribution in [0.1, 0.15) is 32.1 Å². The van der Waals surface area contributed by atoms with Crippen LogP contribution in [0.15, 0.2) is 0 Å². The van der Waals surface area contributed by atoms with Crippen LogP contribution in [0.4, 0.5) is 0 Å². The van der Waals surface area contributed by atoms with Crippen molar-refractivity contribution in [1.29, 1.82) is 0 Å². The molecule has 1 amide bonds. The molecule has 0 aromatic rings. The molecule has 68 valence electrons. The Kier molecular flexibility index (Phi) is 1.83. The topological polar surface area (TPSA) is 38.3 Å². The number of carbonyl (C=O) groups excluding carboxylic acids is 1. The molecule has 1 saturated carbocycles. The highest BCUT2D eigenvalue weighted by Crippen LogP contribution is 2.37. The Hall–Kier alpha value is -0.570. The lowest BCUT2D eigenvalue weighted by atomic mass is 9.73. The first-order chi connectivity index (χ1) is 5.74. The average molecular weight is 169 g/mol. The Labute approximate surface area is 72.5 Å². The van der Waals surface area contributed by atoms with Crippen molar-refractivity contribution in [3.63, 3.8) is 0 Å². The minimum absolute atomic E-state index is 0.121. The number of methoxy groups -OCH3 is 1. The molecule has 1 aliphatic carbocycles. The normalized spacial score (nSPS) is 40.8. The first-order valence-electron chi connectivity index (χ1n) is 4.58. The molecule has 0 bridgehead atoms. The molecule has 1 aliphatic heterocycles. The van der Waals surface area contributed by atoms with Gasteiger partial charge in [0, 0.05) is 13.5 Å². The van der Waals surface area contributed by atoms with Crippen molar-refractivity contribution in [1.82, 2.24) is 5.32 Å². The number of nitrogens with one attached hydrogen (secondary N) is 1. The van der Waals surface area contributed by atoms with Crippen molar-refractivity contribution < 1.29 is 9.53 Å². The number of ether oxygens (including phenoxy) is 1. The molecule has 2 atom stereocenters. The van der Waals surface area contributed by atoms with Crippen molar-refractivity contribution in [2.45, 2.75) is 43.7 Å². The maximum absolute atomic E-state index is 10.8. The van der Waals surface area contributed by atoms with Crippen LogP contribution in [0.25, 0.3) is 0 Å². The van der Waals surface area contributed by atoms with Crippen molar-refractivity contribution in [2.24, 2.45) is 0 Å². The Morgan fingerprint density at radius 2 is 2.42 bits per heavy atom. The van der Waals surface area contributed by atoms with E-state index in [4.69, 9.17) is 4.74 Å². The van der Waals surface area contributed by atoms with Crippen LogP contribution in [-0.2, 0) is 9.53 Å². The quantitative estimate of drug-likeness (QED) is 0.590. The van der Waals surface area contributed by atoms with Crippen LogP contribution < -0.4 is 5.32 Å². The van der Waals surface area contributed by atoms with Crippen LogP contribution in [-0.4, -0.2) is 24.7 Å². The molecule has 0 aromatic heterocycles. The van der Waals surface area contributed by atoms with E-state index in [1.165, 1.54) is 6.42 Å². The van der Waals surface area contributed by atoms with E-state index in [0.29, 0.717) is 12.5 Å². The smallest absolute Gasteiger partial charge is 0.222 e. The van der Waals surface area contributed by atoms with Gasteiger partial charge in [-0.15, -0.1) is 0 Å². The SMILES string of the molecule is COC1CCCC2(CC(=O)N2)C1. The van der Waals surface area contributed by atoms with Gasteiger partial charge in [-0.3, -0.25) is 4.79 Å². The highest BCUT2D eigenvalue weighted by atomic mass is 16.5. The minimum Gasteiger partial charge on any atom is -0.381 e. The minimum atomic E-state index is 0.121. The molecule has 2 rings (SSSR count). The lowest BCUT2D eigenvalue weighted by Crippen LogP contribution is -2.63. The molecule has 2 fully saturated rings. The molecule has 1 heterocycles. The molecule has 2 aliphatic rings. The molecule has 0 aromatic carbocycles. The third kappa shape index (κ3) is 1.22. The monoisotopic (exact) mass is 169 g/mol. The van der Waals surface area contributed by atoms with Crippen LogP contribution in [0.3, 0.4) is 0 Å². The molecule has 3 heteroatoms. The molecular formula is C9H15NO2. The van der Waals surface area contributed by atoms with E-state index in [-0.39, 0.29) is 11.4 Å². The van der Waals surface area contributed by atoms with Crippen molar-refractivity contribution in [3.05, 3.63) is 0 Å². The number of rotatable bonds is 1. The highest BCUT2D eigenvalue weighted by Gasteiger charge is 2.45. The predicted octanol–water partition coefficient (Wildman–Crippen LogP) is 0.834. The molecule has 0 radical (unpaired) electrons. The lowest BCUT2D eigenvalue weighted by molar-refractivity contribution is -0.136. The molecular weight excluding hydrogens is 154 g/mol. The fraction of sp³-hybridized carbons (Fsp3) is 0.889. The Morgan fingerprint density at radius 1 is 1.67 bits per heavy atom. The van der Waals surface area contributed by atoms with Gasteiger partial charge in [-0.2, -0.15) is 0 Å². The summed E-state index contributed by atoms with van der Waals surface area (Å²) in [6, 6.07) is 0. The zero-order chi connectivity index (χ0) is 8.60. The maximum atomic E-state index is 10.8. The van der Waals surface area contributed by atoms with E-state index >= 15 is 0 Å². The van der Waals surface area contributed by atoms with Gasteiger partial charge in [0.05, 0.1) is 11.6 Å². The van der Waals surface area contributed by atoms with E-state index in [2.05, 4.69) is 5.32 Å². The summed E-state index contributed by atoms with van der Waals surface area (Å²) < 4.78 is 5.31. The van der Waals surface area contributed by atoms with E-state index in [1.54, 1.807) is 7.11 Å². The third-order valence-electron chi connectivity index (χ3n) is 3.04. The standard InChI is InChI=1S/C9H15NO2/c1-12-7-3-2-4-9(5-7)6-8(11)10-9/h7H,2-6H2,1H3,(H,10,11). The fourth-order valence-corrected chi connectivity index (χ4v) is 2.37. The van der Waals surface area contributed by atoms with Crippen molar-refractivity contribution in [2.75, 3.05) is 7.11 Å². The van der Waals surface area contributed by atoms with Gasteiger partial charge in [0.15, 0.2) is 0 Å².